The van der Waals surface area contributed by atoms with Crippen LogP contribution in [0.5, 0.6) is 0 Å². The fraction of sp³-hybridized carbons (Fsp3) is 0.222. The summed E-state index contributed by atoms with van der Waals surface area (Å²) < 4.78 is 39.6. The summed E-state index contributed by atoms with van der Waals surface area (Å²) in [6.45, 7) is 1.75. The number of rotatable bonds is 3. The molecular weight excluding hydrogens is 259 g/mol. The average molecular weight is 267 g/mol. The van der Waals surface area contributed by atoms with Gasteiger partial charge in [-0.15, -0.1) is 0 Å². The maximum Gasteiger partial charge on any atom is 0.338 e. The van der Waals surface area contributed by atoms with E-state index in [0.29, 0.717) is 0 Å². The highest BCUT2D eigenvalue weighted by molar-refractivity contribution is 8.13. The molecular formula is C9H8ClFO4S. The summed E-state index contributed by atoms with van der Waals surface area (Å²) in [7, 11) is 0.830. The monoisotopic (exact) mass is 266 g/mol. The first kappa shape index (κ1) is 12.9. The summed E-state index contributed by atoms with van der Waals surface area (Å²) in [4.78, 5) is 10.5. The largest absolute Gasteiger partial charge is 0.462 e. The van der Waals surface area contributed by atoms with Crippen molar-refractivity contribution >= 4 is 25.7 Å². The lowest BCUT2D eigenvalue weighted by atomic mass is 10.2. The van der Waals surface area contributed by atoms with Gasteiger partial charge in [0.15, 0.2) is 0 Å². The minimum absolute atomic E-state index is 0.0663. The van der Waals surface area contributed by atoms with Gasteiger partial charge in [-0.3, -0.25) is 0 Å². The Balaban J connectivity index is 3.14. The van der Waals surface area contributed by atoms with Crippen LogP contribution in [0.15, 0.2) is 23.1 Å². The van der Waals surface area contributed by atoms with Crippen molar-refractivity contribution in [2.24, 2.45) is 0 Å². The highest BCUT2D eigenvalue weighted by Gasteiger charge is 2.18. The predicted octanol–water partition coefficient (Wildman–Crippen LogP) is 1.93. The zero-order chi connectivity index (χ0) is 12.3. The smallest absolute Gasteiger partial charge is 0.338 e. The van der Waals surface area contributed by atoms with Gasteiger partial charge in [-0.25, -0.2) is 17.6 Å². The molecule has 4 nitrogen and oxygen atoms in total. The van der Waals surface area contributed by atoms with Crippen LogP contribution in [0.1, 0.15) is 17.3 Å². The molecule has 1 aromatic rings. The van der Waals surface area contributed by atoms with E-state index < -0.39 is 25.7 Å². The van der Waals surface area contributed by atoms with Gasteiger partial charge in [0, 0.05) is 10.7 Å². The minimum Gasteiger partial charge on any atom is -0.462 e. The minimum atomic E-state index is -4.14. The Morgan fingerprint density at radius 3 is 2.56 bits per heavy atom. The average Bonchev–Trinajstić information content (AvgIpc) is 2.16. The SMILES string of the molecule is CCOC(=O)c1ccc(S(=O)(=O)Cl)c(F)c1. The Hall–Kier alpha value is -1.14. The molecule has 0 unspecified atom stereocenters. The van der Waals surface area contributed by atoms with E-state index in [4.69, 9.17) is 10.7 Å². The lowest BCUT2D eigenvalue weighted by Gasteiger charge is -2.03. The van der Waals surface area contributed by atoms with Gasteiger partial charge < -0.3 is 4.74 Å². The number of hydrogen-bond acceptors (Lipinski definition) is 4. The molecule has 0 amide bonds. The Morgan fingerprint density at radius 1 is 1.50 bits per heavy atom. The van der Waals surface area contributed by atoms with Gasteiger partial charge in [0.1, 0.15) is 10.7 Å². The molecule has 0 N–H and O–H groups in total. The van der Waals surface area contributed by atoms with Crippen molar-refractivity contribution in [3.8, 4) is 0 Å². The summed E-state index contributed by atoms with van der Waals surface area (Å²) in [6.07, 6.45) is 0. The maximum atomic E-state index is 13.3. The van der Waals surface area contributed by atoms with Crippen LogP contribution in [0.25, 0.3) is 0 Å². The number of halogens is 2. The maximum absolute atomic E-state index is 13.3. The fourth-order valence-electron chi connectivity index (χ4n) is 1.04. The van der Waals surface area contributed by atoms with Crippen LogP contribution in [-0.2, 0) is 13.8 Å². The normalized spacial score (nSPS) is 11.2. The van der Waals surface area contributed by atoms with Crippen LogP contribution in [0, 0.1) is 5.82 Å². The number of esters is 1. The van der Waals surface area contributed by atoms with Crippen molar-refractivity contribution in [2.45, 2.75) is 11.8 Å². The summed E-state index contributed by atoms with van der Waals surface area (Å²) in [5.41, 5.74) is -0.0663. The Kier molecular flexibility index (Phi) is 3.88. The zero-order valence-electron chi connectivity index (χ0n) is 8.24. The van der Waals surface area contributed by atoms with E-state index in [2.05, 4.69) is 4.74 Å². The first-order valence-electron chi connectivity index (χ1n) is 4.27. The summed E-state index contributed by atoms with van der Waals surface area (Å²) in [5.74, 6) is -1.81. The second-order valence-corrected chi connectivity index (χ2v) is 5.34. The summed E-state index contributed by atoms with van der Waals surface area (Å²) >= 11 is 0. The van der Waals surface area contributed by atoms with Crippen LogP contribution in [0.3, 0.4) is 0 Å². The molecule has 0 bridgehead atoms. The van der Waals surface area contributed by atoms with Crippen LogP contribution in [-0.4, -0.2) is 21.0 Å². The van der Waals surface area contributed by atoms with Crippen LogP contribution in [0.2, 0.25) is 0 Å². The van der Waals surface area contributed by atoms with Gasteiger partial charge in [-0.2, -0.15) is 0 Å². The van der Waals surface area contributed by atoms with Crippen LogP contribution >= 0.6 is 10.7 Å². The Labute approximate surface area is 96.4 Å². The van der Waals surface area contributed by atoms with Gasteiger partial charge in [-0.05, 0) is 25.1 Å². The standard InChI is InChI=1S/C9H8ClFO4S/c1-2-15-9(12)6-3-4-8(7(11)5-6)16(10,13)14/h3-5H,2H2,1H3. The van der Waals surface area contributed by atoms with E-state index in [1.54, 1.807) is 6.92 Å². The second-order valence-electron chi connectivity index (χ2n) is 2.80. The van der Waals surface area contributed by atoms with Crippen LogP contribution < -0.4 is 0 Å². The third-order valence-corrected chi connectivity index (χ3v) is 3.06. The van der Waals surface area contributed by atoms with Crippen molar-refractivity contribution in [1.82, 2.24) is 0 Å². The van der Waals surface area contributed by atoms with E-state index >= 15 is 0 Å². The van der Waals surface area contributed by atoms with Crippen molar-refractivity contribution in [1.29, 1.82) is 0 Å². The van der Waals surface area contributed by atoms with Gasteiger partial charge >= 0.3 is 5.97 Å². The number of carbonyl (C=O) groups is 1. The molecule has 0 saturated heterocycles. The zero-order valence-corrected chi connectivity index (χ0v) is 9.81. The molecule has 0 aliphatic heterocycles. The molecule has 0 saturated carbocycles. The van der Waals surface area contributed by atoms with Crippen molar-refractivity contribution in [3.05, 3.63) is 29.6 Å². The van der Waals surface area contributed by atoms with E-state index in [-0.39, 0.29) is 12.2 Å². The molecule has 0 atom stereocenters. The summed E-state index contributed by atoms with van der Waals surface area (Å²) in [6, 6.07) is 2.83. The molecule has 0 aromatic heterocycles. The molecule has 0 heterocycles. The second kappa shape index (κ2) is 4.80. The van der Waals surface area contributed by atoms with E-state index in [1.165, 1.54) is 0 Å². The fourth-order valence-corrected chi connectivity index (χ4v) is 1.94. The predicted molar refractivity (Wildman–Crippen MR) is 55.4 cm³/mol. The number of hydrogen-bond donors (Lipinski definition) is 0. The highest BCUT2D eigenvalue weighted by Crippen LogP contribution is 2.20. The lowest BCUT2D eigenvalue weighted by molar-refractivity contribution is 0.0525. The first-order valence-corrected chi connectivity index (χ1v) is 6.58. The van der Waals surface area contributed by atoms with E-state index in [1.807, 2.05) is 0 Å². The molecule has 0 fully saturated rings. The Morgan fingerprint density at radius 2 is 2.12 bits per heavy atom. The number of benzene rings is 1. The summed E-state index contributed by atoms with van der Waals surface area (Å²) in [5, 5.41) is 0. The third-order valence-electron chi connectivity index (χ3n) is 1.71. The highest BCUT2D eigenvalue weighted by atomic mass is 35.7. The third kappa shape index (κ3) is 2.93. The number of carbonyl (C=O) groups excluding carboxylic acids is 1. The molecule has 1 rings (SSSR count). The number of ether oxygens (including phenoxy) is 1. The lowest BCUT2D eigenvalue weighted by Crippen LogP contribution is -2.06. The molecule has 0 aliphatic carbocycles. The molecule has 88 valence electrons. The molecule has 0 aliphatic rings. The quantitative estimate of drug-likeness (QED) is 0.620. The van der Waals surface area contributed by atoms with E-state index in [9.17, 15) is 17.6 Å². The van der Waals surface area contributed by atoms with Gasteiger partial charge in [0.2, 0.25) is 0 Å². The molecule has 1 aromatic carbocycles. The molecule has 16 heavy (non-hydrogen) atoms. The topological polar surface area (TPSA) is 60.4 Å². The van der Waals surface area contributed by atoms with E-state index in [0.717, 1.165) is 18.2 Å². The van der Waals surface area contributed by atoms with Crippen molar-refractivity contribution < 1.29 is 22.3 Å². The van der Waals surface area contributed by atoms with Crippen LogP contribution in [0.4, 0.5) is 4.39 Å². The van der Waals surface area contributed by atoms with Crippen molar-refractivity contribution in [2.75, 3.05) is 6.61 Å². The molecule has 0 spiro atoms. The van der Waals surface area contributed by atoms with Gasteiger partial charge in [0.05, 0.1) is 12.2 Å². The first-order chi connectivity index (χ1) is 7.36. The Bertz CT molecular complexity index is 512. The van der Waals surface area contributed by atoms with Gasteiger partial charge in [-0.1, -0.05) is 0 Å². The van der Waals surface area contributed by atoms with Gasteiger partial charge in [0.25, 0.3) is 9.05 Å². The molecule has 7 heteroatoms. The molecule has 0 radical (unpaired) electrons. The van der Waals surface area contributed by atoms with Crippen molar-refractivity contribution in [3.63, 3.8) is 0 Å².